The molecule has 0 saturated carbocycles. The highest BCUT2D eigenvalue weighted by Crippen LogP contribution is 2.24. The van der Waals surface area contributed by atoms with Gasteiger partial charge in [0.05, 0.1) is 0 Å². The van der Waals surface area contributed by atoms with Crippen molar-refractivity contribution in [3.63, 3.8) is 0 Å². The highest BCUT2D eigenvalue weighted by atomic mass is 14.1. The molecular formula is C12H16. The molecule has 0 nitrogen and oxygen atoms in total. The van der Waals surface area contributed by atoms with Crippen molar-refractivity contribution >= 4 is 0 Å². The minimum atomic E-state index is 1.16. The molecule has 0 amide bonds. The minimum Gasteiger partial charge on any atom is -0.0444 e. The maximum absolute atomic E-state index is 4.05. The Morgan fingerprint density at radius 2 is 0.750 bits per heavy atom. The van der Waals surface area contributed by atoms with E-state index in [4.69, 9.17) is 0 Å². The van der Waals surface area contributed by atoms with E-state index in [1.165, 1.54) is 22.3 Å². The zero-order chi connectivity index (χ0) is 9.46. The number of benzene rings is 1. The lowest BCUT2D eigenvalue weighted by Gasteiger charge is -2.15. The van der Waals surface area contributed by atoms with Crippen molar-refractivity contribution in [1.82, 2.24) is 0 Å². The van der Waals surface area contributed by atoms with Crippen LogP contribution in [-0.2, 0) is 0 Å². The molecule has 0 heteroatoms. The largest absolute Gasteiger partial charge is 0.0444 e. The first kappa shape index (κ1) is 9.31. The lowest BCUT2D eigenvalue weighted by atomic mass is 9.90. The van der Waals surface area contributed by atoms with Gasteiger partial charge >= 0.3 is 0 Å². The highest BCUT2D eigenvalue weighted by molar-refractivity contribution is 5.52. The van der Waals surface area contributed by atoms with Crippen LogP contribution in [0.15, 0.2) is 0 Å². The van der Waals surface area contributed by atoms with Crippen molar-refractivity contribution in [3.05, 3.63) is 47.2 Å². The summed E-state index contributed by atoms with van der Waals surface area (Å²) in [5.41, 5.74) is 7.45. The summed E-state index contributed by atoms with van der Waals surface area (Å²) in [6.07, 6.45) is 0. The number of hydrogen-bond donors (Lipinski definition) is 0. The average Bonchev–Trinajstić information content (AvgIpc) is 2.08. The molecule has 0 heterocycles. The Morgan fingerprint density at radius 1 is 0.583 bits per heavy atom. The molecule has 0 saturated heterocycles. The normalized spacial score (nSPS) is 10.5. The Bertz CT molecular complexity index is 214. The summed E-state index contributed by atoms with van der Waals surface area (Å²) in [5, 5.41) is 0. The lowest BCUT2D eigenvalue weighted by molar-refractivity contribution is 1.19. The molecule has 0 N–H and O–H groups in total. The second-order valence-corrected chi connectivity index (χ2v) is 3.46. The molecule has 0 fully saturated rings. The third-order valence-electron chi connectivity index (χ3n) is 2.94. The van der Waals surface area contributed by atoms with E-state index in [1.54, 1.807) is 0 Å². The summed E-state index contributed by atoms with van der Waals surface area (Å²) >= 11 is 0. The molecule has 1 aromatic carbocycles. The second-order valence-electron chi connectivity index (χ2n) is 3.46. The summed E-state index contributed by atoms with van der Waals surface area (Å²) in [6, 6.07) is 0. The molecule has 0 aliphatic heterocycles. The molecular weight excluding hydrogens is 144 g/mol. The zero-order valence-electron chi connectivity index (χ0n) is 8.41. The molecule has 0 spiro atoms. The van der Waals surface area contributed by atoms with E-state index in [2.05, 4.69) is 41.5 Å². The van der Waals surface area contributed by atoms with E-state index in [0.717, 1.165) is 11.1 Å². The average molecular weight is 160 g/mol. The van der Waals surface area contributed by atoms with E-state index in [0.29, 0.717) is 0 Å². The molecule has 12 heavy (non-hydrogen) atoms. The Hall–Kier alpha value is -0.780. The molecule has 0 aromatic heterocycles. The fourth-order valence-electron chi connectivity index (χ4n) is 1.47. The van der Waals surface area contributed by atoms with Crippen LogP contribution in [0.25, 0.3) is 0 Å². The fraction of sp³-hybridized carbons (Fsp3) is 0.333. The number of hydrogen-bond acceptors (Lipinski definition) is 0. The first-order chi connectivity index (χ1) is 5.46. The van der Waals surface area contributed by atoms with E-state index in [9.17, 15) is 0 Å². The van der Waals surface area contributed by atoms with Gasteiger partial charge in [-0.2, -0.15) is 0 Å². The van der Waals surface area contributed by atoms with E-state index >= 15 is 0 Å². The van der Waals surface area contributed by atoms with Gasteiger partial charge in [0.2, 0.25) is 0 Å². The first-order valence-electron chi connectivity index (χ1n) is 4.21. The van der Waals surface area contributed by atoms with Crippen molar-refractivity contribution < 1.29 is 0 Å². The summed E-state index contributed by atoms with van der Waals surface area (Å²) in [6.45, 7) is 16.5. The Labute approximate surface area is 75.6 Å². The van der Waals surface area contributed by atoms with E-state index in [1.807, 2.05) is 0 Å². The van der Waals surface area contributed by atoms with Crippen LogP contribution >= 0.6 is 0 Å². The molecule has 0 unspecified atom stereocenters. The van der Waals surface area contributed by atoms with Crippen LogP contribution in [0.4, 0.5) is 0 Å². The van der Waals surface area contributed by atoms with Crippen LogP contribution in [0.3, 0.4) is 0 Å². The van der Waals surface area contributed by atoms with Gasteiger partial charge in [-0.1, -0.05) is 0 Å². The molecule has 0 aliphatic carbocycles. The molecule has 0 atom stereocenters. The van der Waals surface area contributed by atoms with E-state index in [-0.39, 0.29) is 0 Å². The molecule has 0 aliphatic rings. The molecule has 2 radical (unpaired) electrons. The van der Waals surface area contributed by atoms with Gasteiger partial charge < -0.3 is 0 Å². The summed E-state index contributed by atoms with van der Waals surface area (Å²) in [4.78, 5) is 0. The van der Waals surface area contributed by atoms with Gasteiger partial charge in [0.15, 0.2) is 0 Å². The fourth-order valence-corrected chi connectivity index (χ4v) is 1.47. The molecule has 0 bridgehead atoms. The smallest absolute Gasteiger partial charge is 0.0233 e. The maximum atomic E-state index is 4.05. The van der Waals surface area contributed by atoms with Crippen LogP contribution in [0, 0.1) is 41.5 Å². The first-order valence-corrected chi connectivity index (χ1v) is 4.21. The summed E-state index contributed by atoms with van der Waals surface area (Å²) < 4.78 is 0. The lowest BCUT2D eigenvalue weighted by Crippen LogP contribution is -1.98. The van der Waals surface area contributed by atoms with Gasteiger partial charge in [-0.05, 0) is 74.9 Å². The third-order valence-corrected chi connectivity index (χ3v) is 2.94. The predicted molar refractivity (Wildman–Crippen MR) is 54.3 cm³/mol. The summed E-state index contributed by atoms with van der Waals surface area (Å²) in [5.74, 6) is 0. The highest BCUT2D eigenvalue weighted by Gasteiger charge is 2.07. The van der Waals surface area contributed by atoms with Gasteiger partial charge in [0.1, 0.15) is 0 Å². The molecule has 1 rings (SSSR count). The summed E-state index contributed by atoms with van der Waals surface area (Å²) in [7, 11) is 0. The van der Waals surface area contributed by atoms with Crippen LogP contribution in [-0.4, -0.2) is 0 Å². The van der Waals surface area contributed by atoms with Crippen LogP contribution < -0.4 is 0 Å². The third kappa shape index (κ3) is 1.16. The van der Waals surface area contributed by atoms with Crippen LogP contribution in [0.5, 0.6) is 0 Å². The Morgan fingerprint density at radius 3 is 0.917 bits per heavy atom. The quantitative estimate of drug-likeness (QED) is 0.546. The second kappa shape index (κ2) is 2.93. The monoisotopic (exact) mass is 160 g/mol. The Balaban J connectivity index is 3.60. The van der Waals surface area contributed by atoms with Gasteiger partial charge in [0, 0.05) is 0 Å². The minimum absolute atomic E-state index is 1.16. The van der Waals surface area contributed by atoms with Crippen molar-refractivity contribution in [2.75, 3.05) is 0 Å². The van der Waals surface area contributed by atoms with Gasteiger partial charge in [-0.3, -0.25) is 0 Å². The van der Waals surface area contributed by atoms with Gasteiger partial charge in [-0.25, -0.2) is 0 Å². The standard InChI is InChI=1S/C12H16/c1-7-8(2)10(4)12(6)11(5)9(7)3/h1,6H2,2-5H3. The van der Waals surface area contributed by atoms with Gasteiger partial charge in [0.25, 0.3) is 0 Å². The predicted octanol–water partition coefficient (Wildman–Crippen LogP) is 3.28. The topological polar surface area (TPSA) is 0 Å². The Kier molecular flexibility index (Phi) is 2.27. The van der Waals surface area contributed by atoms with Crippen LogP contribution in [0.1, 0.15) is 33.4 Å². The SMILES string of the molecule is [CH2]c1c(C)c(C)c([CH2])c(C)c1C. The molecule has 1 aromatic rings. The van der Waals surface area contributed by atoms with E-state index < -0.39 is 0 Å². The zero-order valence-corrected chi connectivity index (χ0v) is 8.41. The maximum Gasteiger partial charge on any atom is -0.0233 e. The van der Waals surface area contributed by atoms with Crippen LogP contribution in [0.2, 0.25) is 0 Å². The van der Waals surface area contributed by atoms with Crippen molar-refractivity contribution in [3.8, 4) is 0 Å². The molecule has 64 valence electrons. The van der Waals surface area contributed by atoms with Crippen molar-refractivity contribution in [2.24, 2.45) is 0 Å². The van der Waals surface area contributed by atoms with Crippen molar-refractivity contribution in [2.45, 2.75) is 27.7 Å². The van der Waals surface area contributed by atoms with Gasteiger partial charge in [-0.15, -0.1) is 0 Å². The number of rotatable bonds is 0. The van der Waals surface area contributed by atoms with Crippen molar-refractivity contribution in [1.29, 1.82) is 0 Å².